The monoisotopic (exact) mass is 381 g/mol. The smallest absolute Gasteiger partial charge is 0.260 e. The third-order valence-electron chi connectivity index (χ3n) is 4.71. The molecule has 1 atom stereocenters. The minimum atomic E-state index is -0.147. The van der Waals surface area contributed by atoms with E-state index in [1.165, 1.54) is 23.0 Å². The molecule has 142 valence electrons. The van der Waals surface area contributed by atoms with Crippen LogP contribution in [0.1, 0.15) is 31.9 Å². The van der Waals surface area contributed by atoms with Crippen LogP contribution in [-0.4, -0.2) is 24.5 Å². The van der Waals surface area contributed by atoms with Crippen molar-refractivity contribution >= 4 is 35.1 Å². The van der Waals surface area contributed by atoms with Crippen molar-refractivity contribution < 1.29 is 4.79 Å². The summed E-state index contributed by atoms with van der Waals surface area (Å²) in [6.07, 6.45) is 2.98. The predicted octanol–water partition coefficient (Wildman–Crippen LogP) is 4.69. The van der Waals surface area contributed by atoms with Gasteiger partial charge in [0.2, 0.25) is 0 Å². The number of hydrogen-bond acceptors (Lipinski definition) is 4. The lowest BCUT2D eigenvalue weighted by Gasteiger charge is -2.20. The molecule has 1 heterocycles. The standard InChI is InChI=1S/C22H27N3OS/c1-4-16-7-11-18(12-8-16)23-22-24-21(26)20(27-22)15-17-9-13-19(14-10-17)25(5-2)6-3/h7-15,22-23H,4-6H2,1-3H3,(H,24,26)/b20-15-/t22-/m1/s1. The fourth-order valence-electron chi connectivity index (χ4n) is 3.07. The summed E-state index contributed by atoms with van der Waals surface area (Å²) in [6, 6.07) is 16.7. The average Bonchev–Trinajstić information content (AvgIpc) is 3.03. The van der Waals surface area contributed by atoms with Crippen LogP contribution in [-0.2, 0) is 11.2 Å². The Hall–Kier alpha value is -2.40. The fraction of sp³-hybridized carbons (Fsp3) is 0.318. The number of thioether (sulfide) groups is 1. The quantitative estimate of drug-likeness (QED) is 0.683. The molecule has 1 saturated heterocycles. The van der Waals surface area contributed by atoms with Crippen molar-refractivity contribution in [2.75, 3.05) is 23.3 Å². The number of nitrogens with zero attached hydrogens (tertiary/aromatic N) is 1. The number of nitrogens with one attached hydrogen (secondary N) is 2. The molecule has 27 heavy (non-hydrogen) atoms. The van der Waals surface area contributed by atoms with E-state index in [1.807, 2.05) is 6.08 Å². The average molecular weight is 382 g/mol. The summed E-state index contributed by atoms with van der Waals surface area (Å²) in [5.41, 5.74) is 4.41. The predicted molar refractivity (Wildman–Crippen MR) is 117 cm³/mol. The molecule has 2 aromatic rings. The molecule has 0 bridgehead atoms. The van der Waals surface area contributed by atoms with Crippen LogP contribution in [0.15, 0.2) is 53.4 Å². The summed E-state index contributed by atoms with van der Waals surface area (Å²) in [5.74, 6) is -0.0319. The number of benzene rings is 2. The summed E-state index contributed by atoms with van der Waals surface area (Å²) in [7, 11) is 0. The van der Waals surface area contributed by atoms with Gasteiger partial charge in [0.05, 0.1) is 4.91 Å². The molecule has 2 N–H and O–H groups in total. The van der Waals surface area contributed by atoms with Crippen LogP contribution in [0.4, 0.5) is 11.4 Å². The van der Waals surface area contributed by atoms with Gasteiger partial charge in [0.1, 0.15) is 0 Å². The van der Waals surface area contributed by atoms with Crippen LogP contribution in [0.3, 0.4) is 0 Å². The molecule has 2 aromatic carbocycles. The number of carbonyl (C=O) groups is 1. The van der Waals surface area contributed by atoms with Gasteiger partial charge in [-0.3, -0.25) is 4.79 Å². The number of hydrogen-bond donors (Lipinski definition) is 2. The molecule has 1 fully saturated rings. The molecule has 5 heteroatoms. The van der Waals surface area contributed by atoms with Gasteiger partial charge in [-0.15, -0.1) is 0 Å². The SMILES string of the molecule is CCc1ccc(N[C@@H]2NC(=O)/C(=C/c3ccc(N(CC)CC)cc3)S2)cc1. The summed E-state index contributed by atoms with van der Waals surface area (Å²) in [5, 5.41) is 6.35. The fourth-order valence-corrected chi connectivity index (χ4v) is 4.06. The number of anilines is 2. The van der Waals surface area contributed by atoms with Gasteiger partial charge in [-0.1, -0.05) is 43.0 Å². The second kappa shape index (κ2) is 9.00. The summed E-state index contributed by atoms with van der Waals surface area (Å²) < 4.78 is 0. The highest BCUT2D eigenvalue weighted by Crippen LogP contribution is 2.30. The van der Waals surface area contributed by atoms with E-state index in [0.29, 0.717) is 0 Å². The van der Waals surface area contributed by atoms with Crippen LogP contribution < -0.4 is 15.5 Å². The Kier molecular flexibility index (Phi) is 6.45. The van der Waals surface area contributed by atoms with E-state index in [4.69, 9.17) is 0 Å². The maximum absolute atomic E-state index is 12.3. The van der Waals surface area contributed by atoms with Gasteiger partial charge < -0.3 is 15.5 Å². The van der Waals surface area contributed by atoms with Crippen LogP contribution in [0, 0.1) is 0 Å². The number of rotatable bonds is 7. The maximum Gasteiger partial charge on any atom is 0.260 e. The molecule has 0 radical (unpaired) electrons. The molecule has 0 unspecified atom stereocenters. The van der Waals surface area contributed by atoms with Gasteiger partial charge in [0.25, 0.3) is 5.91 Å². The van der Waals surface area contributed by atoms with Crippen molar-refractivity contribution in [2.45, 2.75) is 32.7 Å². The van der Waals surface area contributed by atoms with Gasteiger partial charge in [-0.25, -0.2) is 0 Å². The van der Waals surface area contributed by atoms with Crippen LogP contribution in [0.25, 0.3) is 6.08 Å². The Morgan fingerprint density at radius 2 is 1.70 bits per heavy atom. The van der Waals surface area contributed by atoms with Gasteiger partial charge in [0.15, 0.2) is 5.50 Å². The van der Waals surface area contributed by atoms with Gasteiger partial charge in [-0.05, 0) is 61.7 Å². The first-order chi connectivity index (χ1) is 13.1. The van der Waals surface area contributed by atoms with Crippen molar-refractivity contribution in [2.24, 2.45) is 0 Å². The van der Waals surface area contributed by atoms with Gasteiger partial charge in [-0.2, -0.15) is 0 Å². The van der Waals surface area contributed by atoms with E-state index >= 15 is 0 Å². The van der Waals surface area contributed by atoms with Crippen molar-refractivity contribution in [3.8, 4) is 0 Å². The Balaban J connectivity index is 1.65. The van der Waals surface area contributed by atoms with E-state index in [9.17, 15) is 4.79 Å². The second-order valence-electron chi connectivity index (χ2n) is 6.44. The molecule has 0 aromatic heterocycles. The van der Waals surface area contributed by atoms with E-state index in [1.54, 1.807) is 0 Å². The summed E-state index contributed by atoms with van der Waals surface area (Å²) in [6.45, 7) is 8.42. The molecule has 0 saturated carbocycles. The molecular formula is C22H27N3OS. The van der Waals surface area contributed by atoms with E-state index in [-0.39, 0.29) is 11.4 Å². The summed E-state index contributed by atoms with van der Waals surface area (Å²) in [4.78, 5) is 15.3. The van der Waals surface area contributed by atoms with Crippen molar-refractivity contribution in [3.05, 3.63) is 64.6 Å². The van der Waals surface area contributed by atoms with Crippen LogP contribution >= 0.6 is 11.8 Å². The Bertz CT molecular complexity index is 795. The zero-order valence-corrected chi connectivity index (χ0v) is 17.0. The first-order valence-corrected chi connectivity index (χ1v) is 10.4. The maximum atomic E-state index is 12.3. The third-order valence-corrected chi connectivity index (χ3v) is 5.74. The van der Waals surface area contributed by atoms with Crippen LogP contribution in [0.2, 0.25) is 0 Å². The first kappa shape index (κ1) is 19.4. The molecule has 4 nitrogen and oxygen atoms in total. The Labute approximate surface area is 166 Å². The molecular weight excluding hydrogens is 354 g/mol. The van der Waals surface area contributed by atoms with Crippen molar-refractivity contribution in [1.29, 1.82) is 0 Å². The molecule has 1 aliphatic heterocycles. The minimum Gasteiger partial charge on any atom is -0.372 e. The third kappa shape index (κ3) is 4.86. The van der Waals surface area contributed by atoms with E-state index in [2.05, 4.69) is 84.8 Å². The number of aryl methyl sites for hydroxylation is 1. The Morgan fingerprint density at radius 1 is 1.04 bits per heavy atom. The lowest BCUT2D eigenvalue weighted by atomic mass is 10.1. The summed E-state index contributed by atoms with van der Waals surface area (Å²) >= 11 is 1.52. The highest BCUT2D eigenvalue weighted by atomic mass is 32.2. The van der Waals surface area contributed by atoms with E-state index in [0.717, 1.165) is 35.7 Å². The van der Waals surface area contributed by atoms with Crippen molar-refractivity contribution in [3.63, 3.8) is 0 Å². The van der Waals surface area contributed by atoms with Gasteiger partial charge in [0, 0.05) is 24.5 Å². The normalized spacial score (nSPS) is 17.8. The minimum absolute atomic E-state index is 0.0319. The van der Waals surface area contributed by atoms with Crippen LogP contribution in [0.5, 0.6) is 0 Å². The number of amides is 1. The topological polar surface area (TPSA) is 44.4 Å². The molecule has 0 spiro atoms. The molecule has 3 rings (SSSR count). The van der Waals surface area contributed by atoms with Crippen molar-refractivity contribution in [1.82, 2.24) is 5.32 Å². The molecule has 0 aliphatic carbocycles. The lowest BCUT2D eigenvalue weighted by molar-refractivity contribution is -0.116. The zero-order chi connectivity index (χ0) is 19.2. The second-order valence-corrected chi connectivity index (χ2v) is 7.59. The zero-order valence-electron chi connectivity index (χ0n) is 16.2. The number of carbonyl (C=O) groups excluding carboxylic acids is 1. The Morgan fingerprint density at radius 3 is 2.30 bits per heavy atom. The largest absolute Gasteiger partial charge is 0.372 e. The lowest BCUT2D eigenvalue weighted by Crippen LogP contribution is -2.30. The van der Waals surface area contributed by atoms with E-state index < -0.39 is 0 Å². The highest BCUT2D eigenvalue weighted by Gasteiger charge is 2.27. The molecule has 1 amide bonds. The van der Waals surface area contributed by atoms with Gasteiger partial charge >= 0.3 is 0 Å². The highest BCUT2D eigenvalue weighted by molar-refractivity contribution is 8.05. The first-order valence-electron chi connectivity index (χ1n) is 9.52. The molecule has 1 aliphatic rings.